The summed E-state index contributed by atoms with van der Waals surface area (Å²) in [6.45, 7) is 3.18. The molecule has 0 atom stereocenters. The Bertz CT molecular complexity index is 219. The Balaban J connectivity index is 3.52. The molecule has 0 rings (SSSR count). The highest BCUT2D eigenvalue weighted by atomic mass is 79.9. The summed E-state index contributed by atoms with van der Waals surface area (Å²) in [7, 11) is -3.12. The minimum Gasteiger partial charge on any atom is -0.381 e. The molecular formula is C8H18BrNO3S. The maximum Gasteiger partial charge on any atom is 0.213 e. The van der Waals surface area contributed by atoms with Crippen LogP contribution in [0.2, 0.25) is 0 Å². The first-order chi connectivity index (χ1) is 6.62. The smallest absolute Gasteiger partial charge is 0.213 e. The zero-order chi connectivity index (χ0) is 10.9. The molecule has 0 aliphatic rings. The summed E-state index contributed by atoms with van der Waals surface area (Å²) in [5.41, 5.74) is 0. The van der Waals surface area contributed by atoms with Crippen LogP contribution in [0.1, 0.15) is 19.8 Å². The first kappa shape index (κ1) is 14.3. The normalized spacial score (nSPS) is 11.9. The lowest BCUT2D eigenvalue weighted by Gasteiger charge is -2.05. The second-order valence-electron chi connectivity index (χ2n) is 2.81. The van der Waals surface area contributed by atoms with E-state index >= 15 is 0 Å². The van der Waals surface area contributed by atoms with E-state index in [0.717, 1.165) is 18.2 Å². The Morgan fingerprint density at radius 1 is 1.36 bits per heavy atom. The summed E-state index contributed by atoms with van der Waals surface area (Å²) in [5.74, 6) is 0.0507. The van der Waals surface area contributed by atoms with E-state index in [1.807, 2.05) is 6.92 Å². The summed E-state index contributed by atoms with van der Waals surface area (Å²) in [5, 5.41) is 0.910. The molecule has 0 aromatic rings. The highest BCUT2D eigenvalue weighted by Crippen LogP contribution is 1.93. The molecule has 0 amide bonds. The van der Waals surface area contributed by atoms with Crippen molar-refractivity contribution in [3.8, 4) is 0 Å². The maximum atomic E-state index is 11.3. The topological polar surface area (TPSA) is 55.4 Å². The average molecular weight is 288 g/mol. The number of unbranched alkanes of at least 4 members (excludes halogenated alkanes) is 1. The Labute approximate surface area is 94.6 Å². The second kappa shape index (κ2) is 8.64. The van der Waals surface area contributed by atoms with Crippen LogP contribution in [0.3, 0.4) is 0 Å². The molecule has 0 bridgehead atoms. The van der Waals surface area contributed by atoms with Crippen molar-refractivity contribution in [3.63, 3.8) is 0 Å². The Morgan fingerprint density at radius 3 is 2.64 bits per heavy atom. The van der Waals surface area contributed by atoms with Crippen molar-refractivity contribution in [1.29, 1.82) is 0 Å². The molecule has 0 saturated heterocycles. The molecule has 0 aliphatic heterocycles. The fourth-order valence-electron chi connectivity index (χ4n) is 0.832. The number of nitrogens with one attached hydrogen (secondary N) is 1. The van der Waals surface area contributed by atoms with Crippen LogP contribution in [0, 0.1) is 0 Å². The highest BCUT2D eigenvalue weighted by Gasteiger charge is 2.08. The Hall–Kier alpha value is 0.350. The number of ether oxygens (including phenoxy) is 1. The minimum absolute atomic E-state index is 0.0507. The van der Waals surface area contributed by atoms with Crippen LogP contribution in [-0.4, -0.2) is 39.3 Å². The number of halogens is 1. The van der Waals surface area contributed by atoms with Gasteiger partial charge in [0.1, 0.15) is 0 Å². The lowest BCUT2D eigenvalue weighted by atomic mass is 10.3. The molecule has 0 aromatic heterocycles. The van der Waals surface area contributed by atoms with E-state index < -0.39 is 10.0 Å². The molecule has 1 N–H and O–H groups in total. The molecule has 0 radical (unpaired) electrons. The minimum atomic E-state index is -3.12. The van der Waals surface area contributed by atoms with Gasteiger partial charge in [0.05, 0.1) is 12.4 Å². The van der Waals surface area contributed by atoms with Crippen LogP contribution in [0.15, 0.2) is 0 Å². The molecular weight excluding hydrogens is 270 g/mol. The van der Waals surface area contributed by atoms with Gasteiger partial charge in [-0.1, -0.05) is 15.9 Å². The van der Waals surface area contributed by atoms with Crippen molar-refractivity contribution in [2.45, 2.75) is 19.8 Å². The SMILES string of the molecule is CCOCCS(=O)(=O)NCCCCBr. The van der Waals surface area contributed by atoms with E-state index in [9.17, 15) is 8.42 Å². The summed E-state index contributed by atoms with van der Waals surface area (Å²) in [6, 6.07) is 0. The first-order valence-corrected chi connectivity index (χ1v) is 7.51. The molecule has 4 nitrogen and oxygen atoms in total. The zero-order valence-corrected chi connectivity index (χ0v) is 10.9. The fourth-order valence-corrected chi connectivity index (χ4v) is 2.17. The number of hydrogen-bond acceptors (Lipinski definition) is 3. The van der Waals surface area contributed by atoms with Gasteiger partial charge in [-0.25, -0.2) is 13.1 Å². The first-order valence-electron chi connectivity index (χ1n) is 4.73. The molecule has 0 spiro atoms. The average Bonchev–Trinajstić information content (AvgIpc) is 2.13. The molecule has 0 aliphatic carbocycles. The van der Waals surface area contributed by atoms with E-state index in [4.69, 9.17) is 4.74 Å². The standard InChI is InChI=1S/C8H18BrNO3S/c1-2-13-7-8-14(11,12)10-6-4-3-5-9/h10H,2-8H2,1H3. The molecule has 14 heavy (non-hydrogen) atoms. The van der Waals surface area contributed by atoms with Crippen molar-refractivity contribution in [3.05, 3.63) is 0 Å². The summed E-state index contributed by atoms with van der Waals surface area (Å²) in [6.07, 6.45) is 1.84. The Kier molecular flexibility index (Phi) is 8.86. The quantitative estimate of drug-likeness (QED) is 0.511. The van der Waals surface area contributed by atoms with Gasteiger partial charge in [0, 0.05) is 18.5 Å². The third kappa shape index (κ3) is 8.93. The van der Waals surface area contributed by atoms with Crippen molar-refractivity contribution in [2.24, 2.45) is 0 Å². The lowest BCUT2D eigenvalue weighted by Crippen LogP contribution is -2.29. The van der Waals surface area contributed by atoms with Gasteiger partial charge in [-0.05, 0) is 19.8 Å². The molecule has 0 fully saturated rings. The lowest BCUT2D eigenvalue weighted by molar-refractivity contribution is 0.163. The highest BCUT2D eigenvalue weighted by molar-refractivity contribution is 9.09. The predicted molar refractivity (Wildman–Crippen MR) is 61.3 cm³/mol. The van der Waals surface area contributed by atoms with Gasteiger partial charge in [-0.3, -0.25) is 0 Å². The number of rotatable bonds is 9. The van der Waals surface area contributed by atoms with Crippen molar-refractivity contribution in [1.82, 2.24) is 4.72 Å². The van der Waals surface area contributed by atoms with Gasteiger partial charge in [0.15, 0.2) is 0 Å². The molecule has 0 saturated carbocycles. The van der Waals surface area contributed by atoms with Crippen LogP contribution in [0.5, 0.6) is 0 Å². The van der Waals surface area contributed by atoms with Gasteiger partial charge < -0.3 is 4.74 Å². The zero-order valence-electron chi connectivity index (χ0n) is 8.46. The van der Waals surface area contributed by atoms with Gasteiger partial charge in [-0.2, -0.15) is 0 Å². The van der Waals surface area contributed by atoms with Crippen molar-refractivity contribution in [2.75, 3.05) is 30.8 Å². The van der Waals surface area contributed by atoms with Gasteiger partial charge >= 0.3 is 0 Å². The molecule has 86 valence electrons. The van der Waals surface area contributed by atoms with Gasteiger partial charge in [0.25, 0.3) is 0 Å². The fraction of sp³-hybridized carbons (Fsp3) is 1.00. The molecule has 0 heterocycles. The largest absolute Gasteiger partial charge is 0.381 e. The summed E-state index contributed by atoms with van der Waals surface area (Å²) in [4.78, 5) is 0. The third-order valence-electron chi connectivity index (χ3n) is 1.58. The number of sulfonamides is 1. The maximum absolute atomic E-state index is 11.3. The van der Waals surface area contributed by atoms with Crippen LogP contribution in [-0.2, 0) is 14.8 Å². The number of hydrogen-bond donors (Lipinski definition) is 1. The Morgan fingerprint density at radius 2 is 2.07 bits per heavy atom. The van der Waals surface area contributed by atoms with E-state index in [-0.39, 0.29) is 12.4 Å². The van der Waals surface area contributed by atoms with Crippen molar-refractivity contribution < 1.29 is 13.2 Å². The van der Waals surface area contributed by atoms with Gasteiger partial charge in [0.2, 0.25) is 10.0 Å². The number of alkyl halides is 1. The molecule has 0 aromatic carbocycles. The molecule has 6 heteroatoms. The van der Waals surface area contributed by atoms with E-state index in [1.54, 1.807) is 0 Å². The predicted octanol–water partition coefficient (Wildman–Crippen LogP) is 1.12. The van der Waals surface area contributed by atoms with Crippen LogP contribution >= 0.6 is 15.9 Å². The third-order valence-corrected chi connectivity index (χ3v) is 3.49. The second-order valence-corrected chi connectivity index (χ2v) is 5.53. The summed E-state index contributed by atoms with van der Waals surface area (Å²) >= 11 is 3.28. The molecule has 0 unspecified atom stereocenters. The monoisotopic (exact) mass is 287 g/mol. The van der Waals surface area contributed by atoms with Crippen molar-refractivity contribution >= 4 is 26.0 Å². The van der Waals surface area contributed by atoms with Crippen LogP contribution in [0.4, 0.5) is 0 Å². The van der Waals surface area contributed by atoms with Gasteiger partial charge in [-0.15, -0.1) is 0 Å². The van der Waals surface area contributed by atoms with Crippen LogP contribution < -0.4 is 4.72 Å². The van der Waals surface area contributed by atoms with E-state index in [2.05, 4.69) is 20.7 Å². The van der Waals surface area contributed by atoms with E-state index in [0.29, 0.717) is 13.2 Å². The summed E-state index contributed by atoms with van der Waals surface area (Å²) < 4.78 is 30.0. The van der Waals surface area contributed by atoms with Crippen LogP contribution in [0.25, 0.3) is 0 Å². The van der Waals surface area contributed by atoms with E-state index in [1.165, 1.54) is 0 Å².